The second-order valence-electron chi connectivity index (χ2n) is 14.3. The number of aromatic carboxylic acids is 1. The lowest BCUT2D eigenvalue weighted by Gasteiger charge is -2.17. The van der Waals surface area contributed by atoms with Crippen molar-refractivity contribution in [2.45, 2.75) is 34.0 Å². The lowest BCUT2D eigenvalue weighted by Crippen LogP contribution is -2.07. The fourth-order valence-electron chi connectivity index (χ4n) is 7.07. The average molecular weight is 953 g/mol. The van der Waals surface area contributed by atoms with E-state index >= 15 is 0 Å². The smallest absolute Gasteiger partial charge is 0.338 e. The summed E-state index contributed by atoms with van der Waals surface area (Å²) in [5.41, 5.74) is 10.5. The Kier molecular flexibility index (Phi) is 14.2. The van der Waals surface area contributed by atoms with E-state index in [2.05, 4.69) is 54.6 Å². The standard InChI is InChI=1S/C27H24BrNO3.C25H20BrNO3/c1-3-31-27(30)21-10-7-11-23(16-21)29-19(2)12-14-25(29)24-17-22(28)13-15-26(24)32-18-20-8-5-4-6-9-20;1-17-10-12-23(27(17)21-9-5-8-19(14-21)25(28)29)22-15-20(26)11-13-24(22)30-16-18-6-3-2-4-7-18/h4-17H,3,18H2,1-2H3;2-15H,16H2,1H3,(H,28,29). The number of halogens is 2. The molecule has 6 aromatic carbocycles. The van der Waals surface area contributed by atoms with E-state index in [-0.39, 0.29) is 11.5 Å². The molecule has 2 heterocycles. The summed E-state index contributed by atoms with van der Waals surface area (Å²) in [5.74, 6) is 0.279. The van der Waals surface area contributed by atoms with Gasteiger partial charge >= 0.3 is 11.9 Å². The highest BCUT2D eigenvalue weighted by atomic mass is 79.9. The molecule has 0 aliphatic carbocycles. The van der Waals surface area contributed by atoms with Gasteiger partial charge < -0.3 is 28.5 Å². The SMILES string of the molecule is CCOC(=O)c1cccc(-n2c(C)ccc2-c2cc(Br)ccc2OCc2ccccc2)c1.Cc1ccc(-c2cc(Br)ccc2OCc2ccccc2)n1-c1cccc(C(=O)O)c1. The third-order valence-corrected chi connectivity index (χ3v) is 11.0. The molecule has 8 nitrogen and oxygen atoms in total. The van der Waals surface area contributed by atoms with Crippen molar-refractivity contribution in [2.75, 3.05) is 6.61 Å². The molecule has 312 valence electrons. The minimum Gasteiger partial charge on any atom is -0.488 e. The van der Waals surface area contributed by atoms with Crippen LogP contribution in [-0.4, -0.2) is 32.8 Å². The Hall–Kier alpha value is -6.62. The second-order valence-corrected chi connectivity index (χ2v) is 16.2. The summed E-state index contributed by atoms with van der Waals surface area (Å²) in [5, 5.41) is 9.39. The van der Waals surface area contributed by atoms with E-state index in [1.807, 2.05) is 146 Å². The molecule has 0 aliphatic heterocycles. The molecule has 8 rings (SSSR count). The number of carbonyl (C=O) groups is 2. The van der Waals surface area contributed by atoms with Gasteiger partial charge in [0.2, 0.25) is 0 Å². The van der Waals surface area contributed by atoms with Gasteiger partial charge in [-0.25, -0.2) is 9.59 Å². The highest BCUT2D eigenvalue weighted by Crippen LogP contribution is 2.38. The molecule has 0 fully saturated rings. The van der Waals surface area contributed by atoms with E-state index in [9.17, 15) is 14.7 Å². The van der Waals surface area contributed by atoms with Crippen LogP contribution in [0.15, 0.2) is 179 Å². The third kappa shape index (κ3) is 10.5. The lowest BCUT2D eigenvalue weighted by atomic mass is 10.1. The van der Waals surface area contributed by atoms with Gasteiger partial charge in [0.1, 0.15) is 24.7 Å². The monoisotopic (exact) mass is 950 g/mol. The topological polar surface area (TPSA) is 91.9 Å². The molecule has 0 saturated carbocycles. The van der Waals surface area contributed by atoms with Crippen LogP contribution in [0.4, 0.5) is 0 Å². The first kappa shape index (κ1) is 43.5. The second kappa shape index (κ2) is 20.3. The number of rotatable bonds is 13. The molecule has 0 radical (unpaired) electrons. The van der Waals surface area contributed by atoms with Crippen molar-refractivity contribution in [3.05, 3.63) is 212 Å². The lowest BCUT2D eigenvalue weighted by molar-refractivity contribution is 0.0525. The Labute approximate surface area is 378 Å². The molecule has 0 saturated heterocycles. The van der Waals surface area contributed by atoms with Crippen molar-refractivity contribution in [2.24, 2.45) is 0 Å². The Morgan fingerprint density at radius 3 is 1.44 bits per heavy atom. The molecule has 0 atom stereocenters. The number of aryl methyl sites for hydroxylation is 2. The summed E-state index contributed by atoms with van der Waals surface area (Å²) in [6.07, 6.45) is 0. The van der Waals surface area contributed by atoms with Gasteiger partial charge in [0.05, 0.1) is 29.1 Å². The molecule has 62 heavy (non-hydrogen) atoms. The molecular formula is C52H44Br2N2O6. The number of hydrogen-bond donors (Lipinski definition) is 1. The van der Waals surface area contributed by atoms with Crippen LogP contribution < -0.4 is 9.47 Å². The summed E-state index contributed by atoms with van der Waals surface area (Å²) in [6, 6.07) is 54.7. The van der Waals surface area contributed by atoms with Gasteiger partial charge in [0.25, 0.3) is 0 Å². The zero-order valence-electron chi connectivity index (χ0n) is 34.4. The maximum absolute atomic E-state index is 12.3. The van der Waals surface area contributed by atoms with E-state index in [0.29, 0.717) is 25.4 Å². The fraction of sp³-hybridized carbons (Fsp3) is 0.115. The number of esters is 1. The first-order valence-corrected chi connectivity index (χ1v) is 21.6. The van der Waals surface area contributed by atoms with Crippen LogP contribution in [0.1, 0.15) is 50.2 Å². The summed E-state index contributed by atoms with van der Waals surface area (Å²) >= 11 is 7.16. The third-order valence-electron chi connectivity index (χ3n) is 10.0. The first-order valence-electron chi connectivity index (χ1n) is 20.0. The van der Waals surface area contributed by atoms with Crippen LogP contribution in [-0.2, 0) is 18.0 Å². The van der Waals surface area contributed by atoms with E-state index in [0.717, 1.165) is 76.8 Å². The number of carboxylic acids is 1. The average Bonchev–Trinajstić information content (AvgIpc) is 3.88. The van der Waals surface area contributed by atoms with Crippen LogP contribution in [0.25, 0.3) is 33.9 Å². The van der Waals surface area contributed by atoms with E-state index in [4.69, 9.17) is 14.2 Å². The summed E-state index contributed by atoms with van der Waals surface area (Å²) in [4.78, 5) is 23.7. The summed E-state index contributed by atoms with van der Waals surface area (Å²) in [6.45, 7) is 7.14. The first-order chi connectivity index (χ1) is 30.1. The van der Waals surface area contributed by atoms with Crippen molar-refractivity contribution in [3.8, 4) is 45.4 Å². The number of carboxylic acid groups (broad SMARTS) is 1. The van der Waals surface area contributed by atoms with Crippen molar-refractivity contribution in [3.63, 3.8) is 0 Å². The number of nitrogens with zero attached hydrogens (tertiary/aromatic N) is 2. The van der Waals surface area contributed by atoms with Gasteiger partial charge in [0.15, 0.2) is 0 Å². The Morgan fingerprint density at radius 2 is 0.984 bits per heavy atom. The van der Waals surface area contributed by atoms with Crippen LogP contribution in [0.2, 0.25) is 0 Å². The quantitative estimate of drug-likeness (QED) is 0.116. The van der Waals surface area contributed by atoms with Gasteiger partial charge in [-0.1, -0.05) is 105 Å². The van der Waals surface area contributed by atoms with Crippen molar-refractivity contribution >= 4 is 43.8 Å². The maximum Gasteiger partial charge on any atom is 0.338 e. The number of benzene rings is 6. The highest BCUT2D eigenvalue weighted by molar-refractivity contribution is 9.10. The van der Waals surface area contributed by atoms with E-state index in [1.165, 1.54) is 0 Å². The number of ether oxygens (including phenoxy) is 3. The Balaban J connectivity index is 0.000000187. The van der Waals surface area contributed by atoms with Gasteiger partial charge in [-0.05, 0) is 129 Å². The van der Waals surface area contributed by atoms with Crippen molar-refractivity contribution < 1.29 is 28.9 Å². The number of aromatic nitrogens is 2. The Morgan fingerprint density at radius 1 is 0.532 bits per heavy atom. The van der Waals surface area contributed by atoms with Gasteiger partial charge in [-0.2, -0.15) is 0 Å². The summed E-state index contributed by atoms with van der Waals surface area (Å²) < 4.78 is 23.6. The number of hydrogen-bond acceptors (Lipinski definition) is 5. The molecule has 0 bridgehead atoms. The van der Waals surface area contributed by atoms with Crippen molar-refractivity contribution in [1.29, 1.82) is 0 Å². The van der Waals surface area contributed by atoms with Gasteiger partial charge in [-0.15, -0.1) is 0 Å². The zero-order valence-corrected chi connectivity index (χ0v) is 37.6. The Bertz CT molecular complexity index is 2810. The maximum atomic E-state index is 12.3. The molecule has 1 N–H and O–H groups in total. The molecule has 8 aromatic rings. The largest absolute Gasteiger partial charge is 0.488 e. The van der Waals surface area contributed by atoms with Gasteiger partial charge in [-0.3, -0.25) is 0 Å². The van der Waals surface area contributed by atoms with Crippen LogP contribution in [0, 0.1) is 13.8 Å². The molecule has 0 aliphatic rings. The predicted octanol–water partition coefficient (Wildman–Crippen LogP) is 13.5. The zero-order chi connectivity index (χ0) is 43.6. The van der Waals surface area contributed by atoms with Crippen LogP contribution >= 0.6 is 31.9 Å². The minimum atomic E-state index is -0.947. The molecule has 0 amide bonds. The number of carbonyl (C=O) groups excluding carboxylic acids is 1. The molecule has 10 heteroatoms. The molecule has 2 aromatic heterocycles. The molecular weight excluding hydrogens is 908 g/mol. The molecule has 0 spiro atoms. The van der Waals surface area contributed by atoms with Gasteiger partial charge in [0, 0.05) is 42.8 Å². The van der Waals surface area contributed by atoms with Crippen LogP contribution in [0.3, 0.4) is 0 Å². The fourth-order valence-corrected chi connectivity index (χ4v) is 7.80. The van der Waals surface area contributed by atoms with Crippen LogP contribution in [0.5, 0.6) is 11.5 Å². The predicted molar refractivity (Wildman–Crippen MR) is 252 cm³/mol. The molecule has 0 unspecified atom stereocenters. The van der Waals surface area contributed by atoms with E-state index < -0.39 is 5.97 Å². The highest BCUT2D eigenvalue weighted by Gasteiger charge is 2.18. The minimum absolute atomic E-state index is 0.251. The van der Waals surface area contributed by atoms with E-state index in [1.54, 1.807) is 31.2 Å². The normalized spacial score (nSPS) is 10.7. The van der Waals surface area contributed by atoms with Crippen molar-refractivity contribution in [1.82, 2.24) is 9.13 Å². The summed E-state index contributed by atoms with van der Waals surface area (Å²) in [7, 11) is 0.